The third kappa shape index (κ3) is 2.30. The van der Waals surface area contributed by atoms with Gasteiger partial charge in [-0.2, -0.15) is 5.10 Å². The number of nitrogens with two attached hydrogens (primary N) is 1. The molecule has 0 amide bonds. The summed E-state index contributed by atoms with van der Waals surface area (Å²) in [5, 5.41) is 4.54. The van der Waals surface area contributed by atoms with Gasteiger partial charge in [-0.05, 0) is 50.1 Å². The van der Waals surface area contributed by atoms with E-state index in [1.54, 1.807) is 22.2 Å². The average molecular weight is 414 g/mol. The van der Waals surface area contributed by atoms with Gasteiger partial charge in [0.2, 0.25) is 0 Å². The Balaban J connectivity index is 2.28. The minimum atomic E-state index is 0.605. The van der Waals surface area contributed by atoms with Gasteiger partial charge in [0.15, 0.2) is 0 Å². The molecule has 0 saturated heterocycles. The summed E-state index contributed by atoms with van der Waals surface area (Å²) in [5.74, 6) is 0.605. The number of anilines is 1. The molecule has 0 bridgehead atoms. The van der Waals surface area contributed by atoms with E-state index in [1.807, 2.05) is 31.3 Å². The van der Waals surface area contributed by atoms with E-state index in [1.165, 1.54) is 0 Å². The van der Waals surface area contributed by atoms with Crippen LogP contribution in [-0.2, 0) is 7.05 Å². The largest absolute Gasteiger partial charge is 0.383 e. The Morgan fingerprint density at radius 3 is 2.70 bits per heavy atom. The van der Waals surface area contributed by atoms with E-state index in [0.717, 1.165) is 30.1 Å². The van der Waals surface area contributed by atoms with Gasteiger partial charge in [-0.1, -0.05) is 6.07 Å². The van der Waals surface area contributed by atoms with Crippen LogP contribution in [-0.4, -0.2) is 14.8 Å². The molecule has 3 rings (SSSR count). The highest BCUT2D eigenvalue weighted by atomic mass is 79.9. The number of rotatable bonds is 2. The van der Waals surface area contributed by atoms with Crippen molar-refractivity contribution in [2.45, 2.75) is 0 Å². The smallest absolute Gasteiger partial charge is 0.131 e. The number of thiophene rings is 1. The number of halogens is 2. The van der Waals surface area contributed by atoms with E-state index >= 15 is 0 Å². The van der Waals surface area contributed by atoms with Gasteiger partial charge >= 0.3 is 0 Å². The molecule has 0 aromatic carbocycles. The Morgan fingerprint density at radius 2 is 2.10 bits per heavy atom. The minimum Gasteiger partial charge on any atom is -0.383 e. The van der Waals surface area contributed by atoms with Gasteiger partial charge in [0.25, 0.3) is 0 Å². The molecule has 0 spiro atoms. The zero-order valence-corrected chi connectivity index (χ0v) is 14.5. The molecule has 0 radical (unpaired) electrons. The molecule has 2 N–H and O–H groups in total. The Kier molecular flexibility index (Phi) is 3.66. The molecule has 7 heteroatoms. The third-order valence-corrected chi connectivity index (χ3v) is 5.26. The predicted octanol–water partition coefficient (Wildman–Crippen LogP) is 4.32. The Bertz CT molecular complexity index is 764. The number of pyridine rings is 1. The summed E-state index contributed by atoms with van der Waals surface area (Å²) >= 11 is 8.67. The number of hydrogen-bond donors (Lipinski definition) is 1. The van der Waals surface area contributed by atoms with Gasteiger partial charge in [-0.15, -0.1) is 11.3 Å². The summed E-state index contributed by atoms with van der Waals surface area (Å²) in [5.41, 5.74) is 9.69. The maximum absolute atomic E-state index is 6.17. The number of nitrogen functional groups attached to an aromatic ring is 1. The van der Waals surface area contributed by atoms with Gasteiger partial charge in [0.05, 0.1) is 18.8 Å². The molecular weight excluding hydrogens is 404 g/mol. The van der Waals surface area contributed by atoms with Crippen molar-refractivity contribution in [3.63, 3.8) is 0 Å². The van der Waals surface area contributed by atoms with Crippen LogP contribution in [0.2, 0.25) is 0 Å². The standard InChI is InChI=1S/C13H10Br2N4S/c1-19-13(16)10(8-4-2-3-5-17-8)11(18-19)7-6-9(14)20-12(7)15/h2-6H,16H2,1H3. The fourth-order valence-corrected chi connectivity index (χ4v) is 4.80. The van der Waals surface area contributed by atoms with E-state index in [9.17, 15) is 0 Å². The number of aromatic nitrogens is 3. The normalized spacial score (nSPS) is 10.9. The molecule has 3 heterocycles. The zero-order chi connectivity index (χ0) is 14.3. The summed E-state index contributed by atoms with van der Waals surface area (Å²) in [6, 6.07) is 7.79. The summed E-state index contributed by atoms with van der Waals surface area (Å²) in [6.45, 7) is 0. The highest BCUT2D eigenvalue weighted by Gasteiger charge is 2.21. The fraction of sp³-hybridized carbons (Fsp3) is 0.0769. The lowest BCUT2D eigenvalue weighted by atomic mass is 10.1. The minimum absolute atomic E-state index is 0.605. The van der Waals surface area contributed by atoms with E-state index in [4.69, 9.17) is 5.73 Å². The molecule has 3 aromatic heterocycles. The molecule has 0 saturated carbocycles. The van der Waals surface area contributed by atoms with Crippen LogP contribution in [0.4, 0.5) is 5.82 Å². The lowest BCUT2D eigenvalue weighted by Gasteiger charge is -2.02. The van der Waals surface area contributed by atoms with Gasteiger partial charge in [-0.25, -0.2) is 0 Å². The first-order valence-corrected chi connectivity index (χ1v) is 8.17. The predicted molar refractivity (Wildman–Crippen MR) is 89.6 cm³/mol. The second kappa shape index (κ2) is 5.31. The molecule has 4 nitrogen and oxygen atoms in total. The van der Waals surface area contributed by atoms with E-state index in [0.29, 0.717) is 5.82 Å². The Morgan fingerprint density at radius 1 is 1.30 bits per heavy atom. The number of hydrogen-bond acceptors (Lipinski definition) is 4. The first-order chi connectivity index (χ1) is 9.58. The van der Waals surface area contributed by atoms with Crippen molar-refractivity contribution in [3.05, 3.63) is 38.0 Å². The van der Waals surface area contributed by atoms with Crippen molar-refractivity contribution in [1.82, 2.24) is 14.8 Å². The van der Waals surface area contributed by atoms with Crippen molar-refractivity contribution in [1.29, 1.82) is 0 Å². The second-order valence-electron chi connectivity index (χ2n) is 4.19. The molecule has 3 aromatic rings. The van der Waals surface area contributed by atoms with Crippen LogP contribution in [0.3, 0.4) is 0 Å². The van der Waals surface area contributed by atoms with Crippen LogP contribution in [0.25, 0.3) is 22.5 Å². The summed E-state index contributed by atoms with van der Waals surface area (Å²) in [7, 11) is 1.83. The maximum atomic E-state index is 6.17. The van der Waals surface area contributed by atoms with Crippen LogP contribution in [0.1, 0.15) is 0 Å². The van der Waals surface area contributed by atoms with Gasteiger partial charge in [0, 0.05) is 18.8 Å². The lowest BCUT2D eigenvalue weighted by Crippen LogP contribution is -1.98. The second-order valence-corrected chi connectivity index (χ2v) is 7.93. The third-order valence-electron chi connectivity index (χ3n) is 2.92. The highest BCUT2D eigenvalue weighted by molar-refractivity contribution is 9.12. The van der Waals surface area contributed by atoms with E-state index in [2.05, 4.69) is 41.9 Å². The molecular formula is C13H10Br2N4S. The van der Waals surface area contributed by atoms with Crippen molar-refractivity contribution in [3.8, 4) is 22.5 Å². The average Bonchev–Trinajstić information content (AvgIpc) is 2.91. The first kappa shape index (κ1) is 13.8. The van der Waals surface area contributed by atoms with Crippen LogP contribution >= 0.6 is 43.2 Å². The molecule has 0 aliphatic carbocycles. The van der Waals surface area contributed by atoms with Gasteiger partial charge < -0.3 is 5.73 Å². The van der Waals surface area contributed by atoms with Crippen LogP contribution in [0.15, 0.2) is 38.0 Å². The highest BCUT2D eigenvalue weighted by Crippen LogP contribution is 2.43. The topological polar surface area (TPSA) is 56.7 Å². The van der Waals surface area contributed by atoms with Gasteiger partial charge in [-0.3, -0.25) is 9.67 Å². The van der Waals surface area contributed by atoms with Gasteiger partial charge in [0.1, 0.15) is 11.5 Å². The molecule has 0 aliphatic rings. The Labute approximate surface area is 136 Å². The molecule has 0 atom stereocenters. The van der Waals surface area contributed by atoms with Crippen LogP contribution < -0.4 is 5.73 Å². The Hall–Kier alpha value is -1.18. The van der Waals surface area contributed by atoms with Crippen LogP contribution in [0.5, 0.6) is 0 Å². The first-order valence-electron chi connectivity index (χ1n) is 5.77. The van der Waals surface area contributed by atoms with Crippen molar-refractivity contribution in [2.24, 2.45) is 7.05 Å². The van der Waals surface area contributed by atoms with Crippen molar-refractivity contribution < 1.29 is 0 Å². The number of nitrogens with zero attached hydrogens (tertiary/aromatic N) is 3. The molecule has 0 fully saturated rings. The van der Waals surface area contributed by atoms with E-state index in [-0.39, 0.29) is 0 Å². The maximum Gasteiger partial charge on any atom is 0.131 e. The molecule has 20 heavy (non-hydrogen) atoms. The summed E-state index contributed by atoms with van der Waals surface area (Å²) in [4.78, 5) is 4.39. The quantitative estimate of drug-likeness (QED) is 0.680. The molecule has 0 unspecified atom stereocenters. The van der Waals surface area contributed by atoms with Crippen molar-refractivity contribution >= 4 is 49.0 Å². The zero-order valence-electron chi connectivity index (χ0n) is 10.5. The SMILES string of the molecule is Cn1nc(-c2cc(Br)sc2Br)c(-c2ccccn2)c1N. The lowest BCUT2D eigenvalue weighted by molar-refractivity contribution is 0.782. The summed E-state index contributed by atoms with van der Waals surface area (Å²) < 4.78 is 3.73. The van der Waals surface area contributed by atoms with Crippen LogP contribution in [0, 0.1) is 0 Å². The molecule has 102 valence electrons. The fourth-order valence-electron chi connectivity index (χ4n) is 1.99. The number of aryl methyl sites for hydroxylation is 1. The monoisotopic (exact) mass is 412 g/mol. The molecule has 0 aliphatic heterocycles. The summed E-state index contributed by atoms with van der Waals surface area (Å²) in [6.07, 6.45) is 1.75. The van der Waals surface area contributed by atoms with Crippen molar-refractivity contribution in [2.75, 3.05) is 5.73 Å². The van der Waals surface area contributed by atoms with E-state index < -0.39 is 0 Å².